The third-order valence-electron chi connectivity index (χ3n) is 1.79. The standard InChI is InChI=1S/C9H16N4/c1-7(10)3-2-4-9-12-6-5-8(11)13-9/h5-7H,2-4,10H2,1H3,(H2,11,12,13). The van der Waals surface area contributed by atoms with Crippen molar-refractivity contribution in [2.75, 3.05) is 5.73 Å². The maximum absolute atomic E-state index is 5.62. The topological polar surface area (TPSA) is 77.8 Å². The van der Waals surface area contributed by atoms with Gasteiger partial charge in [-0.1, -0.05) is 0 Å². The number of hydrogen-bond donors (Lipinski definition) is 2. The highest BCUT2D eigenvalue weighted by Gasteiger charge is 1.98. The summed E-state index contributed by atoms with van der Waals surface area (Å²) < 4.78 is 0. The van der Waals surface area contributed by atoms with Crippen LogP contribution >= 0.6 is 0 Å². The molecule has 1 heterocycles. The molecule has 4 N–H and O–H groups in total. The molecule has 0 aliphatic carbocycles. The second kappa shape index (κ2) is 4.77. The lowest BCUT2D eigenvalue weighted by atomic mass is 10.1. The molecule has 1 aromatic heterocycles. The van der Waals surface area contributed by atoms with Crippen LogP contribution in [0, 0.1) is 0 Å². The first-order valence-corrected chi connectivity index (χ1v) is 4.51. The molecule has 0 aromatic carbocycles. The Kier molecular flexibility index (Phi) is 3.64. The molecule has 1 aromatic rings. The second-order valence-corrected chi connectivity index (χ2v) is 3.27. The first kappa shape index (κ1) is 9.92. The molecule has 1 rings (SSSR count). The minimum Gasteiger partial charge on any atom is -0.384 e. The van der Waals surface area contributed by atoms with E-state index in [1.807, 2.05) is 6.92 Å². The lowest BCUT2D eigenvalue weighted by Gasteiger charge is -2.03. The van der Waals surface area contributed by atoms with Gasteiger partial charge in [0.2, 0.25) is 0 Å². The summed E-state index contributed by atoms with van der Waals surface area (Å²) in [7, 11) is 0. The first-order chi connectivity index (χ1) is 6.18. The highest BCUT2D eigenvalue weighted by Crippen LogP contribution is 2.02. The van der Waals surface area contributed by atoms with Gasteiger partial charge in [-0.15, -0.1) is 0 Å². The van der Waals surface area contributed by atoms with Crippen molar-refractivity contribution in [3.05, 3.63) is 18.1 Å². The average Bonchev–Trinajstić information content (AvgIpc) is 2.03. The smallest absolute Gasteiger partial charge is 0.130 e. The summed E-state index contributed by atoms with van der Waals surface area (Å²) in [5.41, 5.74) is 11.1. The molecule has 72 valence electrons. The van der Waals surface area contributed by atoms with E-state index in [4.69, 9.17) is 11.5 Å². The maximum atomic E-state index is 5.62. The number of aromatic nitrogens is 2. The summed E-state index contributed by atoms with van der Waals surface area (Å²) in [6, 6.07) is 1.94. The van der Waals surface area contributed by atoms with Crippen LogP contribution in [-0.4, -0.2) is 16.0 Å². The van der Waals surface area contributed by atoms with Crippen LogP contribution in [0.5, 0.6) is 0 Å². The molecule has 0 aliphatic rings. The molecule has 0 amide bonds. The number of anilines is 1. The van der Waals surface area contributed by atoms with Gasteiger partial charge in [-0.3, -0.25) is 0 Å². The lowest BCUT2D eigenvalue weighted by Crippen LogP contribution is -2.14. The minimum atomic E-state index is 0.251. The molecule has 4 heteroatoms. The van der Waals surface area contributed by atoms with Gasteiger partial charge in [-0.2, -0.15) is 0 Å². The van der Waals surface area contributed by atoms with Crippen LogP contribution in [0.25, 0.3) is 0 Å². The van der Waals surface area contributed by atoms with Crippen LogP contribution in [0.15, 0.2) is 12.3 Å². The fraction of sp³-hybridized carbons (Fsp3) is 0.556. The molecule has 0 saturated heterocycles. The maximum Gasteiger partial charge on any atom is 0.130 e. The quantitative estimate of drug-likeness (QED) is 0.716. The van der Waals surface area contributed by atoms with E-state index in [1.165, 1.54) is 0 Å². The van der Waals surface area contributed by atoms with Gasteiger partial charge in [0.1, 0.15) is 11.6 Å². The fourth-order valence-corrected chi connectivity index (χ4v) is 1.12. The summed E-state index contributed by atoms with van der Waals surface area (Å²) in [5.74, 6) is 1.34. The van der Waals surface area contributed by atoms with Crippen molar-refractivity contribution in [1.29, 1.82) is 0 Å². The molecular formula is C9H16N4. The van der Waals surface area contributed by atoms with E-state index in [1.54, 1.807) is 12.3 Å². The monoisotopic (exact) mass is 180 g/mol. The van der Waals surface area contributed by atoms with Gasteiger partial charge in [-0.25, -0.2) is 9.97 Å². The number of nitrogens with two attached hydrogens (primary N) is 2. The number of nitrogens with zero attached hydrogens (tertiary/aromatic N) is 2. The molecule has 1 atom stereocenters. The van der Waals surface area contributed by atoms with Gasteiger partial charge in [0.05, 0.1) is 0 Å². The Hall–Kier alpha value is -1.16. The lowest BCUT2D eigenvalue weighted by molar-refractivity contribution is 0.614. The number of aryl methyl sites for hydroxylation is 1. The number of nitrogen functional groups attached to an aromatic ring is 1. The van der Waals surface area contributed by atoms with Gasteiger partial charge in [-0.05, 0) is 25.8 Å². The van der Waals surface area contributed by atoms with Crippen molar-refractivity contribution in [1.82, 2.24) is 9.97 Å². The third-order valence-corrected chi connectivity index (χ3v) is 1.79. The van der Waals surface area contributed by atoms with E-state index in [-0.39, 0.29) is 6.04 Å². The second-order valence-electron chi connectivity index (χ2n) is 3.27. The summed E-state index contributed by atoms with van der Waals surface area (Å²) in [4.78, 5) is 8.20. The number of hydrogen-bond acceptors (Lipinski definition) is 4. The van der Waals surface area contributed by atoms with Gasteiger partial charge in [0.25, 0.3) is 0 Å². The molecule has 0 bridgehead atoms. The highest BCUT2D eigenvalue weighted by molar-refractivity contribution is 5.24. The highest BCUT2D eigenvalue weighted by atomic mass is 14.9. The van der Waals surface area contributed by atoms with E-state index in [0.717, 1.165) is 25.1 Å². The Bertz CT molecular complexity index is 260. The van der Waals surface area contributed by atoms with Crippen molar-refractivity contribution in [3.8, 4) is 0 Å². The molecule has 13 heavy (non-hydrogen) atoms. The van der Waals surface area contributed by atoms with E-state index in [0.29, 0.717) is 5.82 Å². The van der Waals surface area contributed by atoms with Crippen LogP contribution in [0.4, 0.5) is 5.82 Å². The molecule has 1 unspecified atom stereocenters. The van der Waals surface area contributed by atoms with E-state index >= 15 is 0 Å². The summed E-state index contributed by atoms with van der Waals surface area (Å²) in [6.07, 6.45) is 4.55. The van der Waals surface area contributed by atoms with Gasteiger partial charge in [0, 0.05) is 18.7 Å². The van der Waals surface area contributed by atoms with E-state index in [9.17, 15) is 0 Å². The predicted octanol–water partition coefficient (Wildman–Crippen LogP) is 0.729. The molecule has 0 radical (unpaired) electrons. The zero-order valence-electron chi connectivity index (χ0n) is 7.90. The van der Waals surface area contributed by atoms with Crippen molar-refractivity contribution in [3.63, 3.8) is 0 Å². The van der Waals surface area contributed by atoms with E-state index in [2.05, 4.69) is 9.97 Å². The summed E-state index contributed by atoms with van der Waals surface area (Å²) in [5, 5.41) is 0. The zero-order chi connectivity index (χ0) is 9.68. The molecule has 0 saturated carbocycles. The van der Waals surface area contributed by atoms with Crippen molar-refractivity contribution in [2.45, 2.75) is 32.2 Å². The Labute approximate surface area is 78.4 Å². The fourth-order valence-electron chi connectivity index (χ4n) is 1.12. The largest absolute Gasteiger partial charge is 0.384 e. The average molecular weight is 180 g/mol. The van der Waals surface area contributed by atoms with Gasteiger partial charge in [0.15, 0.2) is 0 Å². The van der Waals surface area contributed by atoms with Gasteiger partial charge >= 0.3 is 0 Å². The Morgan fingerprint density at radius 1 is 1.54 bits per heavy atom. The molecule has 0 aliphatic heterocycles. The Morgan fingerprint density at radius 2 is 2.31 bits per heavy atom. The SMILES string of the molecule is CC(N)CCCc1nccc(N)n1. The van der Waals surface area contributed by atoms with E-state index < -0.39 is 0 Å². The van der Waals surface area contributed by atoms with Crippen LogP contribution in [-0.2, 0) is 6.42 Å². The molecule has 0 spiro atoms. The minimum absolute atomic E-state index is 0.251. The van der Waals surface area contributed by atoms with Crippen molar-refractivity contribution < 1.29 is 0 Å². The Balaban J connectivity index is 2.37. The molecular weight excluding hydrogens is 164 g/mol. The van der Waals surface area contributed by atoms with Crippen molar-refractivity contribution in [2.24, 2.45) is 5.73 Å². The van der Waals surface area contributed by atoms with Crippen molar-refractivity contribution >= 4 is 5.82 Å². The van der Waals surface area contributed by atoms with Crippen LogP contribution in [0.2, 0.25) is 0 Å². The Morgan fingerprint density at radius 3 is 2.92 bits per heavy atom. The van der Waals surface area contributed by atoms with Crippen LogP contribution < -0.4 is 11.5 Å². The number of rotatable bonds is 4. The van der Waals surface area contributed by atoms with Gasteiger partial charge < -0.3 is 11.5 Å². The van der Waals surface area contributed by atoms with Crippen LogP contribution in [0.1, 0.15) is 25.6 Å². The summed E-state index contributed by atoms with van der Waals surface area (Å²) in [6.45, 7) is 2.00. The zero-order valence-corrected chi connectivity index (χ0v) is 7.90. The molecule has 4 nitrogen and oxygen atoms in total. The summed E-state index contributed by atoms with van der Waals surface area (Å²) >= 11 is 0. The first-order valence-electron chi connectivity index (χ1n) is 4.51. The molecule has 0 fully saturated rings. The normalized spacial score (nSPS) is 12.8. The third kappa shape index (κ3) is 3.85. The predicted molar refractivity (Wildman–Crippen MR) is 53.0 cm³/mol. The van der Waals surface area contributed by atoms with Crippen LogP contribution in [0.3, 0.4) is 0 Å².